The van der Waals surface area contributed by atoms with Gasteiger partial charge in [-0.1, -0.05) is 13.3 Å². The number of hydrogen-bond acceptors (Lipinski definition) is 3. The van der Waals surface area contributed by atoms with Crippen LogP contribution >= 0.6 is 0 Å². The molecule has 22 heavy (non-hydrogen) atoms. The number of rotatable bonds is 8. The predicted molar refractivity (Wildman–Crippen MR) is 78.4 cm³/mol. The number of unbranched alkanes of at least 4 members (excludes halogenated alkanes) is 1. The van der Waals surface area contributed by atoms with Gasteiger partial charge in [-0.3, -0.25) is 9.59 Å². The van der Waals surface area contributed by atoms with Gasteiger partial charge in [0.15, 0.2) is 11.6 Å². The average molecular weight is 313 g/mol. The number of hydrogen-bond donors (Lipinski definition) is 0. The van der Waals surface area contributed by atoms with Crippen LogP contribution in [0.2, 0.25) is 0 Å². The highest BCUT2D eigenvalue weighted by Crippen LogP contribution is 2.12. The summed E-state index contributed by atoms with van der Waals surface area (Å²) in [5.74, 6) is -2.87. The van der Waals surface area contributed by atoms with Crippen LogP contribution in [-0.4, -0.2) is 36.5 Å². The lowest BCUT2D eigenvalue weighted by Gasteiger charge is -2.22. The van der Waals surface area contributed by atoms with E-state index in [1.807, 2.05) is 6.92 Å². The zero-order chi connectivity index (χ0) is 16.5. The van der Waals surface area contributed by atoms with E-state index >= 15 is 0 Å². The minimum absolute atomic E-state index is 0.0684. The van der Waals surface area contributed by atoms with Crippen LogP contribution in [-0.2, 0) is 9.53 Å². The Balaban J connectivity index is 2.78. The second-order valence-electron chi connectivity index (χ2n) is 4.83. The van der Waals surface area contributed by atoms with Gasteiger partial charge in [-0.2, -0.15) is 0 Å². The SMILES string of the molecule is CCCCN(CCC(=O)OCC)C(=O)c1ccc(F)c(F)c1. The number of benzene rings is 1. The summed E-state index contributed by atoms with van der Waals surface area (Å²) in [5, 5.41) is 0. The van der Waals surface area contributed by atoms with Crippen molar-refractivity contribution >= 4 is 11.9 Å². The molecule has 1 amide bonds. The van der Waals surface area contributed by atoms with Gasteiger partial charge in [-0.25, -0.2) is 8.78 Å². The highest BCUT2D eigenvalue weighted by atomic mass is 19.2. The summed E-state index contributed by atoms with van der Waals surface area (Å²) in [7, 11) is 0. The van der Waals surface area contributed by atoms with Crippen LogP contribution in [0.15, 0.2) is 18.2 Å². The number of amides is 1. The Morgan fingerprint density at radius 3 is 2.45 bits per heavy atom. The molecular formula is C16H21F2NO3. The zero-order valence-corrected chi connectivity index (χ0v) is 12.9. The summed E-state index contributed by atoms with van der Waals surface area (Å²) in [5.41, 5.74) is 0.0684. The lowest BCUT2D eigenvalue weighted by atomic mass is 10.1. The molecule has 0 heterocycles. The normalized spacial score (nSPS) is 10.4. The van der Waals surface area contributed by atoms with Crippen LogP contribution in [0, 0.1) is 11.6 Å². The Kier molecular flexibility index (Phi) is 7.49. The Hall–Kier alpha value is -1.98. The molecule has 0 spiro atoms. The molecule has 0 saturated heterocycles. The Morgan fingerprint density at radius 1 is 1.14 bits per heavy atom. The molecule has 1 aromatic carbocycles. The first-order valence-corrected chi connectivity index (χ1v) is 7.39. The van der Waals surface area contributed by atoms with E-state index in [4.69, 9.17) is 4.74 Å². The molecule has 0 aliphatic carbocycles. The van der Waals surface area contributed by atoms with E-state index in [0.717, 1.165) is 25.0 Å². The van der Waals surface area contributed by atoms with Gasteiger partial charge in [0.1, 0.15) is 0 Å². The number of carbonyl (C=O) groups excluding carboxylic acids is 2. The molecule has 0 atom stereocenters. The Labute approximate surface area is 129 Å². The number of esters is 1. The van der Waals surface area contributed by atoms with E-state index in [2.05, 4.69) is 0 Å². The number of ether oxygens (including phenoxy) is 1. The molecule has 0 aliphatic heterocycles. The third-order valence-electron chi connectivity index (χ3n) is 3.13. The molecule has 1 aromatic rings. The average Bonchev–Trinajstić information content (AvgIpc) is 2.50. The summed E-state index contributed by atoms with van der Waals surface area (Å²) >= 11 is 0. The van der Waals surface area contributed by atoms with Gasteiger partial charge in [0.05, 0.1) is 13.0 Å². The van der Waals surface area contributed by atoms with E-state index in [-0.39, 0.29) is 31.1 Å². The van der Waals surface area contributed by atoms with Crippen LogP contribution in [0.5, 0.6) is 0 Å². The van der Waals surface area contributed by atoms with Crippen molar-refractivity contribution in [3.63, 3.8) is 0 Å². The fraction of sp³-hybridized carbons (Fsp3) is 0.500. The summed E-state index contributed by atoms with van der Waals surface area (Å²) in [6.07, 6.45) is 1.71. The summed E-state index contributed by atoms with van der Waals surface area (Å²) < 4.78 is 31.0. The molecule has 122 valence electrons. The second kappa shape index (κ2) is 9.12. The molecular weight excluding hydrogens is 292 g/mol. The summed E-state index contributed by atoms with van der Waals surface area (Å²) in [4.78, 5) is 25.2. The summed E-state index contributed by atoms with van der Waals surface area (Å²) in [6.45, 7) is 4.61. The smallest absolute Gasteiger partial charge is 0.307 e. The Bertz CT molecular complexity index is 520. The van der Waals surface area contributed by atoms with Crippen LogP contribution in [0.1, 0.15) is 43.5 Å². The maximum absolute atomic E-state index is 13.2. The van der Waals surface area contributed by atoms with Crippen LogP contribution in [0.25, 0.3) is 0 Å². The predicted octanol–water partition coefficient (Wildman–Crippen LogP) is 3.16. The van der Waals surface area contributed by atoms with Gasteiger partial charge in [0.25, 0.3) is 5.91 Å². The molecule has 0 unspecified atom stereocenters. The lowest BCUT2D eigenvalue weighted by molar-refractivity contribution is -0.143. The largest absolute Gasteiger partial charge is 0.466 e. The number of halogens is 2. The summed E-state index contributed by atoms with van der Waals surface area (Å²) in [6, 6.07) is 3.04. The molecule has 0 bridgehead atoms. The number of nitrogens with zero attached hydrogens (tertiary/aromatic N) is 1. The van der Waals surface area contributed by atoms with Crippen molar-refractivity contribution in [2.24, 2.45) is 0 Å². The molecule has 0 saturated carbocycles. The maximum Gasteiger partial charge on any atom is 0.307 e. The van der Waals surface area contributed by atoms with E-state index in [0.29, 0.717) is 6.54 Å². The van der Waals surface area contributed by atoms with Gasteiger partial charge in [0.2, 0.25) is 0 Å². The van der Waals surface area contributed by atoms with Crippen LogP contribution in [0.4, 0.5) is 8.78 Å². The molecule has 0 aromatic heterocycles. The molecule has 4 nitrogen and oxygen atoms in total. The Morgan fingerprint density at radius 2 is 1.86 bits per heavy atom. The van der Waals surface area contributed by atoms with Crippen LogP contribution < -0.4 is 0 Å². The van der Waals surface area contributed by atoms with Crippen molar-refractivity contribution in [1.82, 2.24) is 4.90 Å². The minimum Gasteiger partial charge on any atom is -0.466 e. The third kappa shape index (κ3) is 5.42. The molecule has 0 N–H and O–H groups in total. The van der Waals surface area contributed by atoms with Crippen molar-refractivity contribution in [2.45, 2.75) is 33.1 Å². The second-order valence-corrected chi connectivity index (χ2v) is 4.83. The lowest BCUT2D eigenvalue weighted by Crippen LogP contribution is -2.34. The first-order valence-electron chi connectivity index (χ1n) is 7.39. The topological polar surface area (TPSA) is 46.6 Å². The molecule has 0 aliphatic rings. The standard InChI is InChI=1S/C16H21F2NO3/c1-3-5-9-19(10-8-15(20)22-4-2)16(21)12-6-7-13(17)14(18)11-12/h6-7,11H,3-5,8-10H2,1-2H3. The maximum atomic E-state index is 13.2. The van der Waals surface area contributed by atoms with E-state index in [1.54, 1.807) is 6.92 Å². The zero-order valence-electron chi connectivity index (χ0n) is 12.9. The minimum atomic E-state index is -1.06. The molecule has 1 rings (SSSR count). The highest BCUT2D eigenvalue weighted by molar-refractivity contribution is 5.94. The van der Waals surface area contributed by atoms with Gasteiger partial charge in [-0.15, -0.1) is 0 Å². The monoisotopic (exact) mass is 313 g/mol. The third-order valence-corrected chi connectivity index (χ3v) is 3.13. The molecule has 6 heteroatoms. The highest BCUT2D eigenvalue weighted by Gasteiger charge is 2.18. The number of carbonyl (C=O) groups is 2. The van der Waals surface area contributed by atoms with Crippen molar-refractivity contribution in [2.75, 3.05) is 19.7 Å². The van der Waals surface area contributed by atoms with Gasteiger partial charge < -0.3 is 9.64 Å². The van der Waals surface area contributed by atoms with Crippen molar-refractivity contribution in [1.29, 1.82) is 0 Å². The first kappa shape index (κ1) is 18.1. The van der Waals surface area contributed by atoms with Crippen molar-refractivity contribution in [3.8, 4) is 0 Å². The quantitative estimate of drug-likeness (QED) is 0.693. The molecule has 0 fully saturated rings. The fourth-order valence-corrected chi connectivity index (χ4v) is 1.94. The van der Waals surface area contributed by atoms with Gasteiger partial charge in [0, 0.05) is 18.7 Å². The molecule has 0 radical (unpaired) electrons. The van der Waals surface area contributed by atoms with E-state index < -0.39 is 17.5 Å². The van der Waals surface area contributed by atoms with Crippen molar-refractivity contribution < 1.29 is 23.1 Å². The van der Waals surface area contributed by atoms with Gasteiger partial charge in [-0.05, 0) is 31.5 Å². The van der Waals surface area contributed by atoms with E-state index in [9.17, 15) is 18.4 Å². The van der Waals surface area contributed by atoms with Crippen molar-refractivity contribution in [3.05, 3.63) is 35.4 Å². The fourth-order valence-electron chi connectivity index (χ4n) is 1.94. The van der Waals surface area contributed by atoms with Gasteiger partial charge >= 0.3 is 5.97 Å². The first-order chi connectivity index (χ1) is 10.5. The van der Waals surface area contributed by atoms with E-state index in [1.165, 1.54) is 11.0 Å². The van der Waals surface area contributed by atoms with Crippen LogP contribution in [0.3, 0.4) is 0 Å².